The Balaban J connectivity index is 1.38. The van der Waals surface area contributed by atoms with Gasteiger partial charge in [-0.25, -0.2) is 19.3 Å². The number of nitrogens with zero attached hydrogens (tertiary/aromatic N) is 5. The lowest BCUT2D eigenvalue weighted by atomic mass is 9.66. The molecule has 3 atom stereocenters. The van der Waals surface area contributed by atoms with E-state index in [1.54, 1.807) is 40.7 Å². The van der Waals surface area contributed by atoms with E-state index in [1.165, 1.54) is 12.4 Å². The van der Waals surface area contributed by atoms with Gasteiger partial charge in [0.05, 0.1) is 10.9 Å². The molecule has 9 nitrogen and oxygen atoms in total. The summed E-state index contributed by atoms with van der Waals surface area (Å²) in [6.07, 6.45) is 3.71. The molecule has 3 aromatic heterocycles. The van der Waals surface area contributed by atoms with Gasteiger partial charge in [0.1, 0.15) is 46.6 Å². The molecule has 0 spiro atoms. The number of rotatable bonds is 4. The number of benzene rings is 1. The molecule has 190 valence electrons. The SMILES string of the molecule is Cc1cc2c(cc1F)c1c(N)ncnc1n2CC(=O)N1[C@H](C(=O)Nc2cccc(Br)n2)C[C@@]2(C)CC[C@@H]12. The van der Waals surface area contributed by atoms with Crippen LogP contribution in [0.4, 0.5) is 16.0 Å². The molecule has 2 aliphatic rings. The van der Waals surface area contributed by atoms with Crippen molar-refractivity contribution < 1.29 is 14.0 Å². The molecule has 1 aromatic carbocycles. The minimum atomic E-state index is -0.627. The standard InChI is InChI=1S/C26H25BrFN7O2/c1-13-8-16-14(9-15(13)28)22-23(29)30-12-31-24(22)34(16)11-21(36)35-17(10-26(2)7-6-18(26)35)25(37)33-20-5-3-4-19(27)32-20/h3-5,8-9,12,17-18H,6-7,10-11H2,1-2H3,(H2,29,30,31)(H,32,33,37)/t17-,18+,26+/m0/s1. The first-order valence-electron chi connectivity index (χ1n) is 12.1. The number of carbonyl (C=O) groups excluding carboxylic acids is 2. The molecule has 6 rings (SSSR count). The first-order chi connectivity index (χ1) is 17.7. The molecule has 2 amide bonds. The molecule has 4 aromatic rings. The highest BCUT2D eigenvalue weighted by Crippen LogP contribution is 2.54. The Hall–Kier alpha value is -3.60. The van der Waals surface area contributed by atoms with E-state index < -0.39 is 6.04 Å². The quantitative estimate of drug-likeness (QED) is 0.358. The van der Waals surface area contributed by atoms with E-state index >= 15 is 0 Å². The summed E-state index contributed by atoms with van der Waals surface area (Å²) in [5.74, 6) is -0.196. The summed E-state index contributed by atoms with van der Waals surface area (Å²) in [7, 11) is 0. The number of likely N-dealkylation sites (tertiary alicyclic amines) is 1. The molecule has 11 heteroatoms. The zero-order valence-electron chi connectivity index (χ0n) is 20.3. The van der Waals surface area contributed by atoms with Crippen molar-refractivity contribution in [1.29, 1.82) is 0 Å². The van der Waals surface area contributed by atoms with Crippen LogP contribution in [-0.4, -0.2) is 48.3 Å². The van der Waals surface area contributed by atoms with E-state index in [0.717, 1.165) is 12.8 Å². The van der Waals surface area contributed by atoms with Crippen molar-refractivity contribution in [2.75, 3.05) is 11.1 Å². The fraction of sp³-hybridized carbons (Fsp3) is 0.346. The third-order valence-corrected chi connectivity index (χ3v) is 8.37. The van der Waals surface area contributed by atoms with E-state index in [1.807, 2.05) is 0 Å². The average Bonchev–Trinajstić information content (AvgIpc) is 3.24. The van der Waals surface area contributed by atoms with Crippen LogP contribution < -0.4 is 11.1 Å². The Labute approximate surface area is 220 Å². The van der Waals surface area contributed by atoms with Crippen LogP contribution in [-0.2, 0) is 16.1 Å². The molecule has 2 fully saturated rings. The summed E-state index contributed by atoms with van der Waals surface area (Å²) in [6.45, 7) is 3.74. The Morgan fingerprint density at radius 2 is 2.11 bits per heavy atom. The molecule has 1 aliphatic carbocycles. The Kier molecular flexibility index (Phi) is 5.45. The largest absolute Gasteiger partial charge is 0.383 e. The molecular formula is C26H25BrFN7O2. The minimum Gasteiger partial charge on any atom is -0.383 e. The van der Waals surface area contributed by atoms with E-state index in [0.29, 0.717) is 44.3 Å². The number of hydrogen-bond acceptors (Lipinski definition) is 6. The van der Waals surface area contributed by atoms with Crippen LogP contribution in [0.3, 0.4) is 0 Å². The Bertz CT molecular complexity index is 1610. The van der Waals surface area contributed by atoms with Gasteiger partial charge in [-0.15, -0.1) is 0 Å². The van der Waals surface area contributed by atoms with Crippen molar-refractivity contribution in [2.45, 2.75) is 51.7 Å². The third-order valence-electron chi connectivity index (χ3n) is 7.92. The molecule has 0 radical (unpaired) electrons. The molecule has 4 heterocycles. The summed E-state index contributed by atoms with van der Waals surface area (Å²) in [4.78, 5) is 41.8. The third kappa shape index (κ3) is 3.75. The second-order valence-corrected chi connectivity index (χ2v) is 11.0. The van der Waals surface area contributed by atoms with Crippen LogP contribution in [0, 0.1) is 18.2 Å². The van der Waals surface area contributed by atoms with Crippen molar-refractivity contribution in [3.8, 4) is 0 Å². The lowest BCUT2D eigenvalue weighted by molar-refractivity contribution is -0.141. The molecule has 3 N–H and O–H groups in total. The lowest BCUT2D eigenvalue weighted by Gasteiger charge is -2.44. The van der Waals surface area contributed by atoms with Gasteiger partial charge < -0.3 is 20.5 Å². The maximum Gasteiger partial charge on any atom is 0.248 e. The topological polar surface area (TPSA) is 119 Å². The highest BCUT2D eigenvalue weighted by molar-refractivity contribution is 9.10. The zero-order chi connectivity index (χ0) is 26.1. The highest BCUT2D eigenvalue weighted by atomic mass is 79.9. The number of aryl methyl sites for hydroxylation is 1. The van der Waals surface area contributed by atoms with Gasteiger partial charge in [-0.2, -0.15) is 0 Å². The molecule has 37 heavy (non-hydrogen) atoms. The monoisotopic (exact) mass is 565 g/mol. The highest BCUT2D eigenvalue weighted by Gasteiger charge is 2.58. The van der Waals surface area contributed by atoms with E-state index in [2.05, 4.69) is 43.1 Å². The predicted molar refractivity (Wildman–Crippen MR) is 141 cm³/mol. The van der Waals surface area contributed by atoms with Gasteiger partial charge in [0.2, 0.25) is 11.8 Å². The Morgan fingerprint density at radius 3 is 2.84 bits per heavy atom. The van der Waals surface area contributed by atoms with Crippen LogP contribution in [0.2, 0.25) is 0 Å². The second kappa shape index (κ2) is 8.47. The van der Waals surface area contributed by atoms with Gasteiger partial charge in [-0.3, -0.25) is 9.59 Å². The summed E-state index contributed by atoms with van der Waals surface area (Å²) in [5.41, 5.74) is 7.57. The predicted octanol–water partition coefficient (Wildman–Crippen LogP) is 4.18. The van der Waals surface area contributed by atoms with Crippen LogP contribution in [0.15, 0.2) is 41.3 Å². The number of hydrogen-bond donors (Lipinski definition) is 2. The molecule has 1 saturated carbocycles. The summed E-state index contributed by atoms with van der Waals surface area (Å²) >= 11 is 3.32. The van der Waals surface area contributed by atoms with Crippen LogP contribution in [0.25, 0.3) is 21.9 Å². The number of nitrogen functional groups attached to an aromatic ring is 1. The van der Waals surface area contributed by atoms with Gasteiger partial charge in [0.15, 0.2) is 0 Å². The normalized spacial score (nSPS) is 22.8. The van der Waals surface area contributed by atoms with Crippen LogP contribution >= 0.6 is 15.9 Å². The van der Waals surface area contributed by atoms with E-state index in [-0.39, 0.29) is 41.5 Å². The van der Waals surface area contributed by atoms with Gasteiger partial charge in [-0.05, 0) is 77.4 Å². The maximum absolute atomic E-state index is 14.5. The fourth-order valence-electron chi connectivity index (χ4n) is 5.92. The number of fused-ring (bicyclic) bond motifs is 4. The van der Waals surface area contributed by atoms with Crippen LogP contribution in [0.1, 0.15) is 31.7 Å². The van der Waals surface area contributed by atoms with Crippen molar-refractivity contribution >= 4 is 61.3 Å². The van der Waals surface area contributed by atoms with Crippen molar-refractivity contribution in [1.82, 2.24) is 24.4 Å². The van der Waals surface area contributed by atoms with Crippen molar-refractivity contribution in [3.63, 3.8) is 0 Å². The number of aromatic nitrogens is 4. The summed E-state index contributed by atoms with van der Waals surface area (Å²) in [5, 5.41) is 3.93. The van der Waals surface area contributed by atoms with Crippen LogP contribution in [0.5, 0.6) is 0 Å². The molecule has 1 saturated heterocycles. The average molecular weight is 566 g/mol. The first-order valence-corrected chi connectivity index (χ1v) is 12.9. The second-order valence-electron chi connectivity index (χ2n) is 10.2. The molecule has 1 aliphatic heterocycles. The van der Waals surface area contributed by atoms with Gasteiger partial charge in [0.25, 0.3) is 0 Å². The number of nitrogens with two attached hydrogens (primary N) is 1. The maximum atomic E-state index is 14.5. The summed E-state index contributed by atoms with van der Waals surface area (Å²) < 4.78 is 16.8. The molecular weight excluding hydrogens is 541 g/mol. The van der Waals surface area contributed by atoms with Crippen molar-refractivity contribution in [2.24, 2.45) is 5.41 Å². The molecule has 0 bridgehead atoms. The fourth-order valence-corrected chi connectivity index (χ4v) is 6.27. The van der Waals surface area contributed by atoms with E-state index in [4.69, 9.17) is 5.73 Å². The number of carbonyl (C=O) groups is 2. The first kappa shape index (κ1) is 23.8. The van der Waals surface area contributed by atoms with Crippen molar-refractivity contribution in [3.05, 3.63) is 52.6 Å². The zero-order valence-corrected chi connectivity index (χ0v) is 21.9. The van der Waals surface area contributed by atoms with Gasteiger partial charge in [-0.1, -0.05) is 13.0 Å². The Morgan fingerprint density at radius 1 is 1.30 bits per heavy atom. The van der Waals surface area contributed by atoms with Gasteiger partial charge in [0, 0.05) is 11.4 Å². The summed E-state index contributed by atoms with van der Waals surface area (Å²) in [6, 6.07) is 7.72. The molecule has 0 unspecified atom stereocenters. The number of nitrogens with one attached hydrogen (secondary N) is 1. The minimum absolute atomic E-state index is 0.0295. The lowest BCUT2D eigenvalue weighted by Crippen LogP contribution is -2.52. The number of pyridine rings is 1. The number of amides is 2. The number of halogens is 2. The van der Waals surface area contributed by atoms with E-state index in [9.17, 15) is 14.0 Å². The van der Waals surface area contributed by atoms with Gasteiger partial charge >= 0.3 is 0 Å². The number of anilines is 2. The smallest absolute Gasteiger partial charge is 0.248 e.